The van der Waals surface area contributed by atoms with E-state index in [1.54, 1.807) is 7.05 Å². The largest absolute Gasteiger partial charge is 0.480 e. The van der Waals surface area contributed by atoms with Gasteiger partial charge >= 0.3 is 5.97 Å². The zero-order valence-electron chi connectivity index (χ0n) is 12.7. The predicted molar refractivity (Wildman–Crippen MR) is 82.5 cm³/mol. The predicted octanol–water partition coefficient (Wildman–Crippen LogP) is -2.44. The molecule has 127 valence electrons. The monoisotopic (exact) mass is 335 g/mol. The Kier molecular flexibility index (Phi) is 7.23. The van der Waals surface area contributed by atoms with Crippen LogP contribution in [0.1, 0.15) is 12.8 Å². The van der Waals surface area contributed by atoms with Crippen LogP contribution in [-0.2, 0) is 15.0 Å². The molecule has 0 aliphatic carbocycles. The van der Waals surface area contributed by atoms with Crippen molar-refractivity contribution < 1.29 is 23.3 Å². The minimum absolute atomic E-state index is 0.0586. The third-order valence-corrected chi connectivity index (χ3v) is 5.40. The number of carbonyl (C=O) groups is 1. The Morgan fingerprint density at radius 1 is 1.50 bits per heavy atom. The molecule has 11 heteroatoms. The standard InChI is InChI=1S/C11H24BN4O5S/c1-14-5-6-15-22(20,21)16-7-9(3-2-4-12-19)11(13,8-16)10(17)18/h9,14-15,19H,2-8,13H2,1H3,(H,17,18)/t9-,11-/m0/s1. The molecule has 1 radical (unpaired) electrons. The minimum atomic E-state index is -3.76. The van der Waals surface area contributed by atoms with Crippen molar-refractivity contribution in [3.05, 3.63) is 0 Å². The first-order valence-corrected chi connectivity index (χ1v) is 8.59. The molecule has 1 aliphatic rings. The van der Waals surface area contributed by atoms with E-state index in [0.717, 1.165) is 11.8 Å². The van der Waals surface area contributed by atoms with Crippen molar-refractivity contribution in [2.75, 3.05) is 33.2 Å². The third kappa shape index (κ3) is 4.64. The molecule has 0 aromatic carbocycles. The highest BCUT2D eigenvalue weighted by atomic mass is 32.2. The third-order valence-electron chi connectivity index (χ3n) is 3.87. The van der Waals surface area contributed by atoms with Gasteiger partial charge < -0.3 is 21.2 Å². The summed E-state index contributed by atoms with van der Waals surface area (Å²) in [5.74, 6) is -1.70. The molecule has 22 heavy (non-hydrogen) atoms. The van der Waals surface area contributed by atoms with Crippen molar-refractivity contribution in [1.82, 2.24) is 14.3 Å². The van der Waals surface area contributed by atoms with Crippen LogP contribution < -0.4 is 15.8 Å². The van der Waals surface area contributed by atoms with Crippen LogP contribution in [0.25, 0.3) is 0 Å². The van der Waals surface area contributed by atoms with Crippen molar-refractivity contribution in [3.8, 4) is 0 Å². The molecule has 0 bridgehead atoms. The number of aliphatic carboxylic acids is 1. The second kappa shape index (κ2) is 8.23. The molecule has 1 rings (SSSR count). The fourth-order valence-electron chi connectivity index (χ4n) is 2.52. The minimum Gasteiger partial charge on any atom is -0.480 e. The number of hydrogen-bond donors (Lipinski definition) is 5. The molecule has 0 amide bonds. The second-order valence-corrected chi connectivity index (χ2v) is 7.21. The first-order chi connectivity index (χ1) is 10.3. The number of rotatable bonds is 10. The van der Waals surface area contributed by atoms with Gasteiger partial charge in [-0.3, -0.25) is 4.79 Å². The number of nitrogens with zero attached hydrogens (tertiary/aromatic N) is 1. The molecular formula is C11H24BN4O5S. The Balaban J connectivity index is 2.78. The van der Waals surface area contributed by atoms with Crippen molar-refractivity contribution in [2.24, 2.45) is 11.7 Å². The average Bonchev–Trinajstić information content (AvgIpc) is 2.79. The van der Waals surface area contributed by atoms with Crippen LogP contribution in [0.5, 0.6) is 0 Å². The van der Waals surface area contributed by atoms with Gasteiger partial charge in [-0.1, -0.05) is 12.7 Å². The maximum Gasteiger partial charge on any atom is 0.325 e. The molecule has 1 fully saturated rings. The van der Waals surface area contributed by atoms with E-state index in [1.165, 1.54) is 0 Å². The maximum atomic E-state index is 12.2. The molecule has 1 aliphatic heterocycles. The lowest BCUT2D eigenvalue weighted by atomic mass is 9.82. The lowest BCUT2D eigenvalue weighted by molar-refractivity contribution is -0.144. The first-order valence-electron chi connectivity index (χ1n) is 7.15. The van der Waals surface area contributed by atoms with Gasteiger partial charge in [-0.05, 0) is 13.5 Å². The summed E-state index contributed by atoms with van der Waals surface area (Å²) in [6.45, 7) is 0.480. The van der Waals surface area contributed by atoms with Crippen molar-refractivity contribution >= 4 is 23.7 Å². The zero-order chi connectivity index (χ0) is 16.8. The van der Waals surface area contributed by atoms with Crippen LogP contribution in [0.15, 0.2) is 0 Å². The summed E-state index contributed by atoms with van der Waals surface area (Å²) in [6, 6.07) is 0. The van der Waals surface area contributed by atoms with Gasteiger partial charge in [0.1, 0.15) is 5.54 Å². The number of nitrogens with one attached hydrogen (secondary N) is 2. The summed E-state index contributed by atoms with van der Waals surface area (Å²) < 4.78 is 27.9. The maximum absolute atomic E-state index is 12.2. The summed E-state index contributed by atoms with van der Waals surface area (Å²) in [6.07, 6.45) is 1.40. The van der Waals surface area contributed by atoms with Gasteiger partial charge in [0.2, 0.25) is 0 Å². The van der Waals surface area contributed by atoms with E-state index in [1.807, 2.05) is 0 Å². The van der Waals surface area contributed by atoms with Crippen molar-refractivity contribution in [2.45, 2.75) is 24.7 Å². The van der Waals surface area contributed by atoms with Crippen LogP contribution in [0, 0.1) is 5.92 Å². The van der Waals surface area contributed by atoms with E-state index in [9.17, 15) is 18.3 Å². The normalized spacial score (nSPS) is 26.2. The molecule has 0 aromatic rings. The Bertz CT molecular complexity index is 477. The SMILES string of the molecule is CNCCNS(=O)(=O)N1C[C@H](CCC[B]O)[C@](N)(C(=O)O)C1. The van der Waals surface area contributed by atoms with E-state index in [2.05, 4.69) is 10.0 Å². The molecule has 1 saturated heterocycles. The van der Waals surface area contributed by atoms with E-state index in [0.29, 0.717) is 25.7 Å². The summed E-state index contributed by atoms with van der Waals surface area (Å²) in [4.78, 5) is 11.5. The Morgan fingerprint density at radius 3 is 2.73 bits per heavy atom. The molecule has 1 heterocycles. The molecule has 6 N–H and O–H groups in total. The number of hydrogen-bond acceptors (Lipinski definition) is 6. The van der Waals surface area contributed by atoms with E-state index in [-0.39, 0.29) is 19.6 Å². The molecular weight excluding hydrogens is 311 g/mol. The van der Waals surface area contributed by atoms with E-state index >= 15 is 0 Å². The smallest absolute Gasteiger partial charge is 0.325 e. The van der Waals surface area contributed by atoms with Gasteiger partial charge in [-0.2, -0.15) is 12.7 Å². The summed E-state index contributed by atoms with van der Waals surface area (Å²) >= 11 is 0. The summed E-state index contributed by atoms with van der Waals surface area (Å²) in [5.41, 5.74) is 4.35. The van der Waals surface area contributed by atoms with Gasteiger partial charge in [0.15, 0.2) is 0 Å². The van der Waals surface area contributed by atoms with Crippen LogP contribution in [-0.4, -0.2) is 75.1 Å². The highest BCUT2D eigenvalue weighted by molar-refractivity contribution is 7.87. The highest BCUT2D eigenvalue weighted by Crippen LogP contribution is 2.31. The Hall–Kier alpha value is -0.715. The Labute approximate surface area is 131 Å². The molecule has 0 saturated carbocycles. The molecule has 0 spiro atoms. The number of likely N-dealkylation sites (N-methyl/N-ethyl adjacent to an activating group) is 1. The van der Waals surface area contributed by atoms with Crippen LogP contribution in [0.2, 0.25) is 6.32 Å². The summed E-state index contributed by atoms with van der Waals surface area (Å²) in [7, 11) is -1.05. The molecule has 9 nitrogen and oxygen atoms in total. The van der Waals surface area contributed by atoms with Gasteiger partial charge in [0.05, 0.1) is 0 Å². The van der Waals surface area contributed by atoms with Gasteiger partial charge in [-0.15, -0.1) is 0 Å². The number of nitrogens with two attached hydrogens (primary N) is 1. The fraction of sp³-hybridized carbons (Fsp3) is 0.909. The quantitative estimate of drug-likeness (QED) is 0.220. The molecule has 2 atom stereocenters. The highest BCUT2D eigenvalue weighted by Gasteiger charge is 2.52. The topological polar surface area (TPSA) is 145 Å². The molecule has 0 unspecified atom stereocenters. The van der Waals surface area contributed by atoms with Gasteiger partial charge in [-0.25, -0.2) is 4.72 Å². The summed E-state index contributed by atoms with van der Waals surface area (Å²) in [5, 5.41) is 20.9. The number of carboxylic acids is 1. The second-order valence-electron chi connectivity index (χ2n) is 5.45. The molecule has 0 aromatic heterocycles. The van der Waals surface area contributed by atoms with E-state index in [4.69, 9.17) is 10.8 Å². The van der Waals surface area contributed by atoms with E-state index < -0.39 is 27.6 Å². The fourth-order valence-corrected chi connectivity index (χ4v) is 3.82. The lowest BCUT2D eigenvalue weighted by Crippen LogP contribution is -2.55. The van der Waals surface area contributed by atoms with Crippen LogP contribution >= 0.6 is 0 Å². The Morgan fingerprint density at radius 2 is 2.18 bits per heavy atom. The first kappa shape index (κ1) is 19.3. The number of carboxylic acid groups (broad SMARTS) is 1. The van der Waals surface area contributed by atoms with Crippen molar-refractivity contribution in [1.29, 1.82) is 0 Å². The van der Waals surface area contributed by atoms with Crippen LogP contribution in [0.4, 0.5) is 0 Å². The zero-order valence-corrected chi connectivity index (χ0v) is 13.5. The van der Waals surface area contributed by atoms with Gasteiger partial charge in [0, 0.05) is 32.1 Å². The van der Waals surface area contributed by atoms with Gasteiger partial charge in [0.25, 0.3) is 17.7 Å². The lowest BCUT2D eigenvalue weighted by Gasteiger charge is -2.25. The average molecular weight is 335 g/mol. The van der Waals surface area contributed by atoms with Crippen molar-refractivity contribution in [3.63, 3.8) is 0 Å². The van der Waals surface area contributed by atoms with Crippen LogP contribution in [0.3, 0.4) is 0 Å².